The maximum atomic E-state index is 13.4. The van der Waals surface area contributed by atoms with Crippen molar-refractivity contribution in [2.24, 2.45) is 0 Å². The highest BCUT2D eigenvalue weighted by Gasteiger charge is 2.08. The number of hydrogen-bond donors (Lipinski definition) is 1. The highest BCUT2D eigenvalue weighted by molar-refractivity contribution is 5.29. The van der Waals surface area contributed by atoms with Crippen LogP contribution in [0.4, 0.5) is 4.39 Å². The van der Waals surface area contributed by atoms with Gasteiger partial charge in [-0.05, 0) is 31.9 Å². The molecule has 1 N–H and O–H groups in total. The zero-order chi connectivity index (χ0) is 12.0. The van der Waals surface area contributed by atoms with Crippen molar-refractivity contribution in [2.45, 2.75) is 25.9 Å². The molecule has 1 atom stereocenters. The normalized spacial score (nSPS) is 12.2. The Labute approximate surface area is 95.4 Å². The van der Waals surface area contributed by atoms with Crippen molar-refractivity contribution >= 4 is 0 Å². The zero-order valence-electron chi connectivity index (χ0n) is 9.45. The van der Waals surface area contributed by atoms with Crippen LogP contribution < -0.4 is 4.74 Å². The lowest BCUT2D eigenvalue weighted by molar-refractivity contribution is 0.194. The Morgan fingerprint density at radius 1 is 1.56 bits per heavy atom. The van der Waals surface area contributed by atoms with E-state index in [4.69, 9.17) is 4.74 Å². The van der Waals surface area contributed by atoms with Gasteiger partial charge in [0.25, 0.3) is 0 Å². The Morgan fingerprint density at radius 2 is 2.31 bits per heavy atom. The number of benzene rings is 1. The maximum absolute atomic E-state index is 13.4. The van der Waals surface area contributed by atoms with Crippen LogP contribution in [0.5, 0.6) is 5.75 Å². The minimum atomic E-state index is -0.796. The van der Waals surface area contributed by atoms with Crippen LogP contribution >= 0.6 is 0 Å². The molecule has 0 aromatic heterocycles. The van der Waals surface area contributed by atoms with Gasteiger partial charge in [0.1, 0.15) is 11.6 Å². The number of aliphatic hydroxyl groups excluding tert-OH is 1. The van der Waals surface area contributed by atoms with Crippen molar-refractivity contribution in [2.75, 3.05) is 6.61 Å². The summed E-state index contributed by atoms with van der Waals surface area (Å²) < 4.78 is 18.8. The lowest BCUT2D eigenvalue weighted by Gasteiger charge is -2.09. The molecule has 0 aliphatic carbocycles. The fraction of sp³-hybridized carbons (Fsp3) is 0.385. The molecule has 2 nitrogen and oxygen atoms in total. The molecule has 3 heteroatoms. The largest absolute Gasteiger partial charge is 0.493 e. The first-order valence-electron chi connectivity index (χ1n) is 5.36. The SMILES string of the molecule is C=CCCCOc1ccc([C@H](C)O)c(F)c1. The molecular formula is C13H17FO2. The van der Waals surface area contributed by atoms with Gasteiger partial charge in [-0.25, -0.2) is 4.39 Å². The Kier molecular flexibility index (Phi) is 4.99. The van der Waals surface area contributed by atoms with E-state index in [0.29, 0.717) is 17.9 Å². The van der Waals surface area contributed by atoms with Crippen LogP contribution in [0.1, 0.15) is 31.4 Å². The average molecular weight is 224 g/mol. The minimum absolute atomic E-state index is 0.290. The van der Waals surface area contributed by atoms with Gasteiger partial charge in [0.15, 0.2) is 0 Å². The number of allylic oxidation sites excluding steroid dienone is 1. The summed E-state index contributed by atoms with van der Waals surface area (Å²) >= 11 is 0. The molecule has 0 aliphatic rings. The van der Waals surface area contributed by atoms with Gasteiger partial charge in [-0.2, -0.15) is 0 Å². The summed E-state index contributed by atoms with van der Waals surface area (Å²) in [6, 6.07) is 4.51. The van der Waals surface area contributed by atoms with Crippen LogP contribution in [0, 0.1) is 5.82 Å². The molecule has 0 amide bonds. The maximum Gasteiger partial charge on any atom is 0.132 e. The molecule has 0 aliphatic heterocycles. The highest BCUT2D eigenvalue weighted by atomic mass is 19.1. The van der Waals surface area contributed by atoms with E-state index in [1.54, 1.807) is 12.1 Å². The monoisotopic (exact) mass is 224 g/mol. The van der Waals surface area contributed by atoms with Crippen LogP contribution in [-0.4, -0.2) is 11.7 Å². The molecule has 1 aromatic carbocycles. The Bertz CT molecular complexity index is 348. The quantitative estimate of drug-likeness (QED) is 0.594. The predicted molar refractivity (Wildman–Crippen MR) is 62.0 cm³/mol. The highest BCUT2D eigenvalue weighted by Crippen LogP contribution is 2.21. The number of rotatable bonds is 6. The van der Waals surface area contributed by atoms with Crippen molar-refractivity contribution in [3.63, 3.8) is 0 Å². The molecule has 1 rings (SSSR count). The van der Waals surface area contributed by atoms with Crippen LogP contribution in [0.2, 0.25) is 0 Å². The second-order valence-corrected chi connectivity index (χ2v) is 3.64. The number of halogens is 1. The molecule has 0 bridgehead atoms. The molecule has 0 spiro atoms. The van der Waals surface area contributed by atoms with E-state index in [2.05, 4.69) is 6.58 Å². The summed E-state index contributed by atoms with van der Waals surface area (Å²) in [7, 11) is 0. The second-order valence-electron chi connectivity index (χ2n) is 3.64. The van der Waals surface area contributed by atoms with Gasteiger partial charge < -0.3 is 9.84 Å². The molecule has 1 aromatic rings. The molecule has 0 unspecified atom stereocenters. The number of ether oxygens (including phenoxy) is 1. The summed E-state index contributed by atoms with van der Waals surface area (Å²) in [4.78, 5) is 0. The van der Waals surface area contributed by atoms with E-state index in [-0.39, 0.29) is 0 Å². The topological polar surface area (TPSA) is 29.5 Å². The van der Waals surface area contributed by atoms with E-state index in [1.165, 1.54) is 13.0 Å². The Balaban J connectivity index is 2.56. The molecule has 16 heavy (non-hydrogen) atoms. The fourth-order valence-electron chi connectivity index (χ4n) is 1.35. The molecule has 0 radical (unpaired) electrons. The Hall–Kier alpha value is -1.35. The molecule has 0 saturated heterocycles. The summed E-state index contributed by atoms with van der Waals surface area (Å²) in [5.74, 6) is 0.0576. The van der Waals surface area contributed by atoms with E-state index in [1.807, 2.05) is 6.08 Å². The number of aliphatic hydroxyl groups is 1. The van der Waals surface area contributed by atoms with Crippen LogP contribution in [-0.2, 0) is 0 Å². The van der Waals surface area contributed by atoms with E-state index >= 15 is 0 Å². The van der Waals surface area contributed by atoms with Crippen LogP contribution in [0.25, 0.3) is 0 Å². The van der Waals surface area contributed by atoms with Gasteiger partial charge in [-0.1, -0.05) is 6.08 Å². The molecule has 0 saturated carbocycles. The first-order valence-corrected chi connectivity index (χ1v) is 5.36. The molecule has 0 fully saturated rings. The fourth-order valence-corrected chi connectivity index (χ4v) is 1.35. The van der Waals surface area contributed by atoms with Gasteiger partial charge in [-0.3, -0.25) is 0 Å². The van der Waals surface area contributed by atoms with Gasteiger partial charge in [0.05, 0.1) is 12.7 Å². The first-order chi connectivity index (χ1) is 7.65. The lowest BCUT2D eigenvalue weighted by Crippen LogP contribution is -2.00. The predicted octanol–water partition coefficient (Wildman–Crippen LogP) is 3.22. The van der Waals surface area contributed by atoms with E-state index in [9.17, 15) is 9.50 Å². The molecule has 88 valence electrons. The van der Waals surface area contributed by atoms with Gasteiger partial charge in [0, 0.05) is 11.6 Å². The smallest absolute Gasteiger partial charge is 0.132 e. The van der Waals surface area contributed by atoms with Crippen molar-refractivity contribution in [1.82, 2.24) is 0 Å². The Morgan fingerprint density at radius 3 is 2.88 bits per heavy atom. The third-order valence-electron chi connectivity index (χ3n) is 2.24. The number of unbranched alkanes of at least 4 members (excludes halogenated alkanes) is 1. The summed E-state index contributed by atoms with van der Waals surface area (Å²) in [5, 5.41) is 9.25. The van der Waals surface area contributed by atoms with Crippen molar-refractivity contribution in [3.8, 4) is 5.75 Å². The van der Waals surface area contributed by atoms with Gasteiger partial charge in [-0.15, -0.1) is 6.58 Å². The average Bonchev–Trinajstić information content (AvgIpc) is 2.24. The van der Waals surface area contributed by atoms with Crippen LogP contribution in [0.15, 0.2) is 30.9 Å². The van der Waals surface area contributed by atoms with Gasteiger partial charge in [0.2, 0.25) is 0 Å². The van der Waals surface area contributed by atoms with Crippen molar-refractivity contribution in [1.29, 1.82) is 0 Å². The van der Waals surface area contributed by atoms with E-state index < -0.39 is 11.9 Å². The third-order valence-corrected chi connectivity index (χ3v) is 2.24. The standard InChI is InChI=1S/C13H17FO2/c1-3-4-5-8-16-11-6-7-12(10(2)15)13(14)9-11/h3,6-7,9-10,15H,1,4-5,8H2,2H3/t10-/m0/s1. The van der Waals surface area contributed by atoms with Crippen molar-refractivity contribution in [3.05, 3.63) is 42.2 Å². The minimum Gasteiger partial charge on any atom is -0.493 e. The molecular weight excluding hydrogens is 207 g/mol. The summed E-state index contributed by atoms with van der Waals surface area (Å²) in [6.45, 7) is 5.68. The van der Waals surface area contributed by atoms with Crippen molar-refractivity contribution < 1.29 is 14.2 Å². The van der Waals surface area contributed by atoms with E-state index in [0.717, 1.165) is 12.8 Å². The second kappa shape index (κ2) is 6.28. The molecule has 0 heterocycles. The van der Waals surface area contributed by atoms with Gasteiger partial charge >= 0.3 is 0 Å². The summed E-state index contributed by atoms with van der Waals surface area (Å²) in [6.07, 6.45) is 2.77. The third kappa shape index (κ3) is 3.66. The number of hydrogen-bond acceptors (Lipinski definition) is 2. The zero-order valence-corrected chi connectivity index (χ0v) is 9.45. The lowest BCUT2D eigenvalue weighted by atomic mass is 10.1. The first kappa shape index (κ1) is 12.7. The summed E-state index contributed by atoms with van der Waals surface area (Å²) in [5.41, 5.74) is 0.290. The van der Waals surface area contributed by atoms with Crippen LogP contribution in [0.3, 0.4) is 0 Å².